The highest BCUT2D eigenvalue weighted by Crippen LogP contribution is 2.36. The highest BCUT2D eigenvalue weighted by molar-refractivity contribution is 6.42. The predicted octanol–water partition coefficient (Wildman–Crippen LogP) is 5.10. The number of amides is 1. The fourth-order valence-corrected chi connectivity index (χ4v) is 4.45. The summed E-state index contributed by atoms with van der Waals surface area (Å²) >= 11 is 18.7. The quantitative estimate of drug-likeness (QED) is 0.495. The molecule has 2 N–H and O–H groups in total. The van der Waals surface area contributed by atoms with Crippen LogP contribution in [0.25, 0.3) is 10.9 Å². The van der Waals surface area contributed by atoms with E-state index in [1.165, 1.54) is 0 Å². The van der Waals surface area contributed by atoms with Crippen LogP contribution in [0.3, 0.4) is 0 Å². The van der Waals surface area contributed by atoms with E-state index in [1.54, 1.807) is 6.07 Å². The van der Waals surface area contributed by atoms with Crippen molar-refractivity contribution in [3.05, 3.63) is 68.8 Å². The van der Waals surface area contributed by atoms with Crippen LogP contribution in [0.4, 0.5) is 0 Å². The minimum absolute atomic E-state index is 0.0132. The van der Waals surface area contributed by atoms with Crippen molar-refractivity contribution in [2.75, 3.05) is 39.4 Å². The van der Waals surface area contributed by atoms with E-state index in [9.17, 15) is 4.79 Å². The number of carbonyl (C=O) groups is 1. The molecule has 1 fully saturated rings. The van der Waals surface area contributed by atoms with Crippen molar-refractivity contribution in [2.45, 2.75) is 12.3 Å². The number of carbonyl (C=O) groups excluding carboxylic acids is 1. The van der Waals surface area contributed by atoms with Gasteiger partial charge in [-0.25, -0.2) is 0 Å². The molecular formula is C23H24Cl3N3O2. The predicted molar refractivity (Wildman–Crippen MR) is 126 cm³/mol. The Labute approximate surface area is 196 Å². The van der Waals surface area contributed by atoms with Crippen molar-refractivity contribution < 1.29 is 9.53 Å². The van der Waals surface area contributed by atoms with Gasteiger partial charge in [-0.1, -0.05) is 40.9 Å². The molecule has 0 saturated carbocycles. The van der Waals surface area contributed by atoms with Crippen molar-refractivity contribution in [3.63, 3.8) is 0 Å². The molecule has 0 unspecified atom stereocenters. The molecule has 1 aliphatic heterocycles. The van der Waals surface area contributed by atoms with Crippen LogP contribution in [0, 0.1) is 0 Å². The van der Waals surface area contributed by atoms with Gasteiger partial charge in [0.1, 0.15) is 0 Å². The Balaban J connectivity index is 1.54. The maximum absolute atomic E-state index is 12.9. The minimum Gasteiger partial charge on any atom is -0.379 e. The monoisotopic (exact) mass is 479 g/mol. The minimum atomic E-state index is -0.189. The van der Waals surface area contributed by atoms with Crippen LogP contribution in [-0.4, -0.2) is 55.2 Å². The van der Waals surface area contributed by atoms with Gasteiger partial charge in [-0.05, 0) is 41.5 Å². The van der Waals surface area contributed by atoms with Crippen LogP contribution in [0.2, 0.25) is 15.1 Å². The van der Waals surface area contributed by atoms with Gasteiger partial charge < -0.3 is 15.0 Å². The summed E-state index contributed by atoms with van der Waals surface area (Å²) in [6.07, 6.45) is 2.23. The molecule has 1 saturated heterocycles. The normalized spacial score (nSPS) is 15.8. The van der Waals surface area contributed by atoms with E-state index in [0.29, 0.717) is 28.0 Å². The second-order valence-electron chi connectivity index (χ2n) is 7.67. The lowest BCUT2D eigenvalue weighted by atomic mass is 9.88. The fourth-order valence-electron chi connectivity index (χ4n) is 3.97. The Kier molecular flexibility index (Phi) is 7.41. The number of aromatic amines is 1. The largest absolute Gasteiger partial charge is 0.379 e. The van der Waals surface area contributed by atoms with Crippen LogP contribution >= 0.6 is 34.8 Å². The number of halogens is 3. The second kappa shape index (κ2) is 10.2. The first-order valence-electron chi connectivity index (χ1n) is 10.3. The third-order valence-electron chi connectivity index (χ3n) is 5.64. The van der Waals surface area contributed by atoms with E-state index in [0.717, 1.165) is 54.9 Å². The molecular weight excluding hydrogens is 457 g/mol. The Bertz CT molecular complexity index is 1060. The summed E-state index contributed by atoms with van der Waals surface area (Å²) in [5.74, 6) is -0.203. The summed E-state index contributed by atoms with van der Waals surface area (Å²) in [6.45, 7) is 4.71. The number of rotatable bonds is 7. The number of aromatic nitrogens is 1. The lowest BCUT2D eigenvalue weighted by Gasteiger charge is -2.26. The molecule has 1 aliphatic rings. The molecule has 164 valence electrons. The first kappa shape index (κ1) is 22.4. The molecule has 0 bridgehead atoms. The van der Waals surface area contributed by atoms with E-state index in [2.05, 4.69) is 15.2 Å². The van der Waals surface area contributed by atoms with Crippen molar-refractivity contribution in [2.24, 2.45) is 0 Å². The average Bonchev–Trinajstić information content (AvgIpc) is 3.17. The van der Waals surface area contributed by atoms with Crippen LogP contribution in [-0.2, 0) is 9.53 Å². The van der Waals surface area contributed by atoms with E-state index in [1.807, 2.05) is 36.5 Å². The lowest BCUT2D eigenvalue weighted by molar-refractivity contribution is -0.121. The number of benzene rings is 2. The standard InChI is InChI=1S/C23H24Cl3N3O2/c24-16-2-4-22-18(12-16)19(14-28-22)17(15-1-3-20(25)21(26)11-15)13-23(30)27-5-6-29-7-9-31-10-8-29/h1-4,11-12,14,17,28H,5-10,13H2,(H,27,30)/t17-/m0/s1. The summed E-state index contributed by atoms with van der Waals surface area (Å²) in [6, 6.07) is 11.2. The third kappa shape index (κ3) is 5.54. The maximum atomic E-state index is 12.9. The van der Waals surface area contributed by atoms with Gasteiger partial charge in [-0.3, -0.25) is 9.69 Å². The Morgan fingerprint density at radius 3 is 2.68 bits per heavy atom. The first-order valence-corrected chi connectivity index (χ1v) is 11.4. The Hall–Kier alpha value is -1.76. The van der Waals surface area contributed by atoms with Gasteiger partial charge in [-0.2, -0.15) is 0 Å². The molecule has 31 heavy (non-hydrogen) atoms. The molecule has 0 aliphatic carbocycles. The zero-order valence-electron chi connectivity index (χ0n) is 17.0. The van der Waals surface area contributed by atoms with E-state index in [4.69, 9.17) is 39.5 Å². The zero-order chi connectivity index (χ0) is 21.8. The molecule has 5 nitrogen and oxygen atoms in total. The molecule has 0 radical (unpaired) electrons. The number of hydrogen-bond acceptors (Lipinski definition) is 3. The van der Waals surface area contributed by atoms with Gasteiger partial charge >= 0.3 is 0 Å². The Morgan fingerprint density at radius 1 is 1.10 bits per heavy atom. The third-order valence-corrected chi connectivity index (χ3v) is 6.61. The summed E-state index contributed by atoms with van der Waals surface area (Å²) < 4.78 is 5.37. The lowest BCUT2D eigenvalue weighted by Crippen LogP contribution is -2.41. The van der Waals surface area contributed by atoms with E-state index in [-0.39, 0.29) is 11.8 Å². The Morgan fingerprint density at radius 2 is 1.90 bits per heavy atom. The highest BCUT2D eigenvalue weighted by atomic mass is 35.5. The smallest absolute Gasteiger partial charge is 0.220 e. The summed E-state index contributed by atoms with van der Waals surface area (Å²) in [5.41, 5.74) is 2.90. The second-order valence-corrected chi connectivity index (χ2v) is 8.92. The number of fused-ring (bicyclic) bond motifs is 1. The van der Waals surface area contributed by atoms with Crippen molar-refractivity contribution in [1.82, 2.24) is 15.2 Å². The number of H-pyrrole nitrogens is 1. The number of ether oxygens (including phenoxy) is 1. The average molecular weight is 481 g/mol. The number of nitrogens with one attached hydrogen (secondary N) is 2. The molecule has 3 aromatic rings. The first-order chi connectivity index (χ1) is 15.0. The maximum Gasteiger partial charge on any atom is 0.220 e. The molecule has 2 heterocycles. The van der Waals surface area contributed by atoms with Gasteiger partial charge in [0.25, 0.3) is 0 Å². The van der Waals surface area contributed by atoms with Crippen LogP contribution in [0.5, 0.6) is 0 Å². The van der Waals surface area contributed by atoms with Gasteiger partial charge in [0.2, 0.25) is 5.91 Å². The van der Waals surface area contributed by atoms with Gasteiger partial charge in [0.15, 0.2) is 0 Å². The molecule has 1 atom stereocenters. The zero-order valence-corrected chi connectivity index (χ0v) is 19.2. The van der Waals surface area contributed by atoms with Crippen LogP contribution in [0.15, 0.2) is 42.6 Å². The summed E-state index contributed by atoms with van der Waals surface area (Å²) in [4.78, 5) is 18.4. The molecule has 2 aromatic carbocycles. The molecule has 4 rings (SSSR count). The van der Waals surface area contributed by atoms with Gasteiger partial charge in [-0.15, -0.1) is 0 Å². The number of morpholine rings is 1. The number of hydrogen-bond donors (Lipinski definition) is 2. The summed E-state index contributed by atoms with van der Waals surface area (Å²) in [7, 11) is 0. The van der Waals surface area contributed by atoms with E-state index >= 15 is 0 Å². The molecule has 1 aromatic heterocycles. The van der Waals surface area contributed by atoms with E-state index < -0.39 is 0 Å². The van der Waals surface area contributed by atoms with Crippen molar-refractivity contribution in [1.29, 1.82) is 0 Å². The highest BCUT2D eigenvalue weighted by Gasteiger charge is 2.22. The van der Waals surface area contributed by atoms with Crippen molar-refractivity contribution >= 4 is 51.6 Å². The fraction of sp³-hybridized carbons (Fsp3) is 0.348. The van der Waals surface area contributed by atoms with Crippen molar-refractivity contribution in [3.8, 4) is 0 Å². The summed E-state index contributed by atoms with van der Waals surface area (Å²) in [5, 5.41) is 5.66. The number of nitrogens with zero attached hydrogens (tertiary/aromatic N) is 1. The topological polar surface area (TPSA) is 57.4 Å². The van der Waals surface area contributed by atoms with Gasteiger partial charge in [0, 0.05) is 60.6 Å². The van der Waals surface area contributed by atoms with Crippen LogP contribution in [0.1, 0.15) is 23.5 Å². The molecule has 1 amide bonds. The van der Waals surface area contributed by atoms with Crippen LogP contribution < -0.4 is 5.32 Å². The SMILES string of the molecule is O=C(C[C@@H](c1ccc(Cl)c(Cl)c1)c1c[nH]c2ccc(Cl)cc12)NCCN1CCOCC1. The van der Waals surface area contributed by atoms with Gasteiger partial charge in [0.05, 0.1) is 23.3 Å². The molecule has 8 heteroatoms. The molecule has 0 spiro atoms.